The fraction of sp³-hybridized carbons (Fsp3) is 0.143. The predicted molar refractivity (Wildman–Crippen MR) is 116 cm³/mol. The van der Waals surface area contributed by atoms with E-state index in [0.717, 1.165) is 5.56 Å². The molecule has 0 fully saturated rings. The number of halogens is 1. The third kappa shape index (κ3) is 3.61. The predicted octanol–water partition coefficient (Wildman–Crippen LogP) is 3.95. The van der Waals surface area contributed by atoms with Crippen molar-refractivity contribution in [1.82, 2.24) is 4.98 Å². The van der Waals surface area contributed by atoms with Crippen molar-refractivity contribution in [3.63, 3.8) is 0 Å². The van der Waals surface area contributed by atoms with Crippen molar-refractivity contribution < 1.29 is 13.9 Å². The van der Waals surface area contributed by atoms with Crippen LogP contribution in [-0.2, 0) is 9.09 Å². The molecular weight excluding hydrogens is 409 g/mol. The van der Waals surface area contributed by atoms with Gasteiger partial charge >= 0.3 is 0 Å². The quantitative estimate of drug-likeness (QED) is 0.474. The first-order valence-corrected chi connectivity index (χ1v) is 10.7. The second-order valence-electron chi connectivity index (χ2n) is 6.61. The van der Waals surface area contributed by atoms with Crippen molar-refractivity contribution in [2.45, 2.75) is 13.8 Å². The number of carbonyl (C=O) groups excluding carboxylic acids is 1. The van der Waals surface area contributed by atoms with Crippen LogP contribution in [-0.4, -0.2) is 18.0 Å². The molecule has 148 valence electrons. The number of nitrogens with one attached hydrogen (secondary N) is 1. The Morgan fingerprint density at radius 3 is 2.66 bits per heavy atom. The molecule has 1 amide bonds. The third-order valence-corrected chi connectivity index (χ3v) is 7.60. The van der Waals surface area contributed by atoms with Gasteiger partial charge in [0.15, 0.2) is 0 Å². The van der Waals surface area contributed by atoms with Gasteiger partial charge < -0.3 is 15.2 Å². The fourth-order valence-electron chi connectivity index (χ4n) is 3.40. The first kappa shape index (κ1) is 20.9. The van der Waals surface area contributed by atoms with Crippen LogP contribution >= 0.6 is 19.0 Å². The Labute approximate surface area is 173 Å². The Morgan fingerprint density at radius 1 is 1.31 bits per heavy atom. The molecule has 3 aromatic rings. The number of fused-ring (bicyclic) bond motifs is 1. The van der Waals surface area contributed by atoms with E-state index in [2.05, 4.69) is 4.98 Å². The highest BCUT2D eigenvalue weighted by molar-refractivity contribution is 7.75. The number of amides is 1. The first-order valence-electron chi connectivity index (χ1n) is 8.68. The average Bonchev–Trinajstić information content (AvgIpc) is 3.09. The lowest BCUT2D eigenvalue weighted by atomic mass is 10.1. The number of allylic oxidation sites excluding steroid dienone is 1. The molecule has 0 aliphatic heterocycles. The van der Waals surface area contributed by atoms with Crippen LogP contribution in [0.25, 0.3) is 17.0 Å². The molecule has 3 N–H and O–H groups in total. The second-order valence-corrected chi connectivity index (χ2v) is 9.45. The van der Waals surface area contributed by atoms with Crippen LogP contribution in [0.15, 0.2) is 36.4 Å². The number of aryl methyl sites for hydroxylation is 2. The summed E-state index contributed by atoms with van der Waals surface area (Å²) in [5.41, 5.74) is 8.38. The summed E-state index contributed by atoms with van der Waals surface area (Å²) in [5, 5.41) is 10.4. The molecule has 0 unspecified atom stereocenters. The number of rotatable bonds is 5. The molecule has 0 spiro atoms. The molecule has 8 heteroatoms. The van der Waals surface area contributed by atoms with Crippen LogP contribution in [0, 0.1) is 25.2 Å². The minimum absolute atomic E-state index is 0.0196. The summed E-state index contributed by atoms with van der Waals surface area (Å²) in [6.45, 7) is 3.63. The van der Waals surface area contributed by atoms with Gasteiger partial charge in [-0.3, -0.25) is 9.36 Å². The Morgan fingerprint density at radius 2 is 2.03 bits per heavy atom. The molecule has 1 aromatic heterocycles. The maximum Gasteiger partial charge on any atom is 0.266 e. The number of aromatic nitrogens is 1. The maximum atomic E-state index is 14.2. The average molecular weight is 428 g/mol. The minimum Gasteiger partial charge on any atom is -0.364 e. The molecule has 29 heavy (non-hydrogen) atoms. The van der Waals surface area contributed by atoms with E-state index in [9.17, 15) is 9.36 Å². The highest BCUT2D eigenvalue weighted by atomic mass is 35.5. The summed E-state index contributed by atoms with van der Waals surface area (Å²) >= 11 is 6.30. The maximum absolute atomic E-state index is 14.2. The number of H-pyrrole nitrogens is 1. The second kappa shape index (κ2) is 7.88. The Balaban J connectivity index is 2.42. The van der Waals surface area contributed by atoms with Crippen molar-refractivity contribution in [3.8, 4) is 6.07 Å². The summed E-state index contributed by atoms with van der Waals surface area (Å²) in [7, 11) is -2.40. The standard InChI is InChI=1S/C21H19ClN3O3P/c1-12-9-14(5-4-8-23)11-15(10-12)29(27,28-3)20-18-13(2)16(22)6-7-17(18)25-19(20)21(24)26/h4-7,9-11,25H,1-3H3,(H2,24,26)/b5-4+/t29-/m1/s1. The lowest BCUT2D eigenvalue weighted by Crippen LogP contribution is -2.26. The highest BCUT2D eigenvalue weighted by Crippen LogP contribution is 2.48. The van der Waals surface area contributed by atoms with Crippen molar-refractivity contribution in [2.24, 2.45) is 5.73 Å². The lowest BCUT2D eigenvalue weighted by Gasteiger charge is -2.19. The van der Waals surface area contributed by atoms with Gasteiger partial charge in [0.2, 0.25) is 0 Å². The Kier molecular flexibility index (Phi) is 5.68. The van der Waals surface area contributed by atoms with Gasteiger partial charge in [0.25, 0.3) is 13.3 Å². The zero-order valence-corrected chi connectivity index (χ0v) is 17.8. The summed E-state index contributed by atoms with van der Waals surface area (Å²) in [5.74, 6) is -0.749. The largest absolute Gasteiger partial charge is 0.364 e. The molecule has 6 nitrogen and oxygen atoms in total. The van der Waals surface area contributed by atoms with E-state index in [0.29, 0.717) is 32.4 Å². The number of nitriles is 1. The first-order chi connectivity index (χ1) is 13.7. The van der Waals surface area contributed by atoms with Gasteiger partial charge in [-0.25, -0.2) is 0 Å². The molecule has 0 aliphatic carbocycles. The van der Waals surface area contributed by atoms with Crippen molar-refractivity contribution in [1.29, 1.82) is 5.26 Å². The minimum atomic E-state index is -3.73. The zero-order valence-electron chi connectivity index (χ0n) is 16.1. The van der Waals surface area contributed by atoms with E-state index in [1.54, 1.807) is 37.3 Å². The van der Waals surface area contributed by atoms with Crippen molar-refractivity contribution >= 4 is 52.5 Å². The van der Waals surface area contributed by atoms with Crippen LogP contribution in [0.1, 0.15) is 27.2 Å². The molecule has 1 heterocycles. The Bertz CT molecular complexity index is 1250. The van der Waals surface area contributed by atoms with Crippen LogP contribution in [0.2, 0.25) is 5.02 Å². The monoisotopic (exact) mass is 427 g/mol. The van der Waals surface area contributed by atoms with E-state index >= 15 is 0 Å². The normalized spacial score (nSPS) is 13.5. The molecule has 1 atom stereocenters. The third-order valence-electron chi connectivity index (χ3n) is 4.70. The summed E-state index contributed by atoms with van der Waals surface area (Å²) < 4.78 is 19.8. The van der Waals surface area contributed by atoms with E-state index in [4.69, 9.17) is 27.1 Å². The van der Waals surface area contributed by atoms with E-state index in [-0.39, 0.29) is 11.0 Å². The molecule has 0 radical (unpaired) electrons. The van der Waals surface area contributed by atoms with Crippen LogP contribution in [0.4, 0.5) is 0 Å². The SMILES string of the molecule is CO[P@](=O)(c1cc(C)cc(/C=C/C#N)c1)c1c(C(N)=O)[nH]c2ccc(Cl)c(C)c12. The smallest absolute Gasteiger partial charge is 0.266 e. The van der Waals surface area contributed by atoms with Gasteiger partial charge in [-0.15, -0.1) is 0 Å². The zero-order chi connectivity index (χ0) is 21.3. The molecule has 3 rings (SSSR count). The number of hydrogen-bond acceptors (Lipinski definition) is 4. The van der Waals surface area contributed by atoms with Gasteiger partial charge in [-0.1, -0.05) is 17.7 Å². The van der Waals surface area contributed by atoms with E-state index in [1.807, 2.05) is 19.1 Å². The Hall–Kier alpha value is -2.84. The molecule has 0 aliphatic rings. The highest BCUT2D eigenvalue weighted by Gasteiger charge is 2.36. The van der Waals surface area contributed by atoms with Gasteiger partial charge in [0.1, 0.15) is 5.69 Å². The van der Waals surface area contributed by atoms with Gasteiger partial charge in [-0.05, 0) is 60.9 Å². The van der Waals surface area contributed by atoms with Crippen LogP contribution < -0.4 is 16.3 Å². The van der Waals surface area contributed by atoms with Gasteiger partial charge in [0, 0.05) is 34.4 Å². The molecule has 0 saturated heterocycles. The number of nitrogens with two attached hydrogens (primary N) is 1. The number of primary amides is 1. The molecular formula is C21H19ClN3O3P. The van der Waals surface area contributed by atoms with E-state index < -0.39 is 13.3 Å². The van der Waals surface area contributed by atoms with Crippen molar-refractivity contribution in [2.75, 3.05) is 7.11 Å². The number of aromatic amines is 1. The summed E-state index contributed by atoms with van der Waals surface area (Å²) in [6, 6.07) is 10.6. The molecule has 0 bridgehead atoms. The summed E-state index contributed by atoms with van der Waals surface area (Å²) in [6.07, 6.45) is 2.95. The van der Waals surface area contributed by atoms with Crippen molar-refractivity contribution in [3.05, 3.63) is 63.8 Å². The number of hydrogen-bond donors (Lipinski definition) is 2. The lowest BCUT2D eigenvalue weighted by molar-refractivity contribution is 0.0997. The molecule has 2 aromatic carbocycles. The van der Waals surface area contributed by atoms with Crippen LogP contribution in [0.3, 0.4) is 0 Å². The van der Waals surface area contributed by atoms with Gasteiger partial charge in [-0.2, -0.15) is 5.26 Å². The number of carbonyl (C=O) groups is 1. The topological polar surface area (TPSA) is 109 Å². The molecule has 0 saturated carbocycles. The fourth-order valence-corrected chi connectivity index (χ4v) is 5.95. The summed E-state index contributed by atoms with van der Waals surface area (Å²) in [4.78, 5) is 15.2. The van der Waals surface area contributed by atoms with Gasteiger partial charge in [0.05, 0.1) is 11.4 Å². The number of benzene rings is 2. The van der Waals surface area contributed by atoms with E-state index in [1.165, 1.54) is 13.2 Å². The van der Waals surface area contributed by atoms with Crippen LogP contribution in [0.5, 0.6) is 0 Å². The number of nitrogens with zero attached hydrogens (tertiary/aromatic N) is 1.